The van der Waals surface area contributed by atoms with Crippen LogP contribution < -0.4 is 20.4 Å². The summed E-state index contributed by atoms with van der Waals surface area (Å²) in [4.78, 5) is 26.9. The van der Waals surface area contributed by atoms with E-state index in [0.717, 1.165) is 37.4 Å². The summed E-state index contributed by atoms with van der Waals surface area (Å²) in [5.74, 6) is 0.178. The van der Waals surface area contributed by atoms with E-state index < -0.39 is 0 Å². The minimum atomic E-state index is -0.0229. The Morgan fingerprint density at radius 1 is 1.16 bits per heavy atom. The molecule has 1 fully saturated rings. The fraction of sp³-hybridized carbons (Fsp3) is 0.579. The number of carbonyl (C=O) groups excluding carboxylic acids is 2. The summed E-state index contributed by atoms with van der Waals surface area (Å²) in [5, 5.41) is 5.93. The number of amides is 2. The number of hydrogen-bond acceptors (Lipinski definition) is 2. The number of piperazine rings is 1. The quantitative estimate of drug-likeness (QED) is 0.508. The Hall–Kier alpha value is -1.92. The standard InChI is InChI=1S/C19H30N4O2/c1-5-20-19(25)16(4)23-11-9-22(10-12-23)13-18(24)21-17-8-6-7-14(2)15(17)3/h6-8,16H,5,9-13H2,1-4H3,(H,20,25)(H,21,24)/p+2/t16-/m0/s1. The first kappa shape index (κ1) is 19.4. The van der Waals surface area contributed by atoms with E-state index >= 15 is 0 Å². The number of benzene rings is 1. The van der Waals surface area contributed by atoms with Crippen LogP contribution in [0.15, 0.2) is 18.2 Å². The third kappa shape index (κ3) is 5.28. The smallest absolute Gasteiger partial charge is 0.279 e. The number of aryl methyl sites for hydroxylation is 1. The molecular formula is C19H32N4O2+2. The second-order valence-electron chi connectivity index (χ2n) is 7.00. The first-order valence-corrected chi connectivity index (χ1v) is 9.24. The lowest BCUT2D eigenvalue weighted by Gasteiger charge is -2.32. The molecule has 0 aromatic heterocycles. The molecule has 25 heavy (non-hydrogen) atoms. The third-order valence-corrected chi connectivity index (χ3v) is 5.25. The van der Waals surface area contributed by atoms with Gasteiger partial charge in [0, 0.05) is 12.2 Å². The van der Waals surface area contributed by atoms with Gasteiger partial charge in [-0.2, -0.15) is 0 Å². The number of nitrogens with one attached hydrogen (secondary N) is 4. The highest BCUT2D eigenvalue weighted by molar-refractivity contribution is 5.92. The van der Waals surface area contributed by atoms with Crippen molar-refractivity contribution in [3.8, 4) is 0 Å². The number of likely N-dealkylation sites (N-methyl/N-ethyl adjacent to an activating group) is 1. The van der Waals surface area contributed by atoms with Gasteiger partial charge in [0.2, 0.25) is 0 Å². The molecule has 2 rings (SSSR count). The zero-order valence-electron chi connectivity index (χ0n) is 15.9. The second-order valence-corrected chi connectivity index (χ2v) is 7.00. The molecule has 1 saturated heterocycles. The van der Waals surface area contributed by atoms with Crippen LogP contribution in [0.25, 0.3) is 0 Å². The Balaban J connectivity index is 1.80. The van der Waals surface area contributed by atoms with Gasteiger partial charge in [0.1, 0.15) is 26.2 Å². The van der Waals surface area contributed by atoms with Crippen LogP contribution in [-0.2, 0) is 9.59 Å². The van der Waals surface area contributed by atoms with E-state index in [0.29, 0.717) is 13.1 Å². The number of carbonyl (C=O) groups is 2. The van der Waals surface area contributed by atoms with Gasteiger partial charge >= 0.3 is 0 Å². The molecule has 1 aromatic rings. The lowest BCUT2D eigenvalue weighted by molar-refractivity contribution is -1.01. The first-order valence-electron chi connectivity index (χ1n) is 9.24. The highest BCUT2D eigenvalue weighted by Crippen LogP contribution is 2.17. The molecule has 0 saturated carbocycles. The first-order chi connectivity index (χ1) is 11.9. The van der Waals surface area contributed by atoms with Crippen molar-refractivity contribution in [1.29, 1.82) is 0 Å². The molecule has 1 heterocycles. The van der Waals surface area contributed by atoms with E-state index in [-0.39, 0.29) is 17.9 Å². The molecule has 0 bridgehead atoms. The van der Waals surface area contributed by atoms with Gasteiger partial charge in [-0.05, 0) is 44.9 Å². The Morgan fingerprint density at radius 2 is 1.84 bits per heavy atom. The molecule has 2 amide bonds. The summed E-state index contributed by atoms with van der Waals surface area (Å²) in [6, 6.07) is 5.94. The molecule has 4 N–H and O–H groups in total. The topological polar surface area (TPSA) is 67.1 Å². The lowest BCUT2D eigenvalue weighted by atomic mass is 10.1. The second kappa shape index (κ2) is 8.97. The highest BCUT2D eigenvalue weighted by atomic mass is 16.2. The zero-order valence-corrected chi connectivity index (χ0v) is 15.9. The van der Waals surface area contributed by atoms with Crippen LogP contribution in [0, 0.1) is 13.8 Å². The van der Waals surface area contributed by atoms with Crippen molar-refractivity contribution in [3.63, 3.8) is 0 Å². The van der Waals surface area contributed by atoms with Gasteiger partial charge in [-0.15, -0.1) is 0 Å². The Kier molecular flexibility index (Phi) is 6.96. The summed E-state index contributed by atoms with van der Waals surface area (Å²) in [7, 11) is 0. The average Bonchev–Trinajstić information content (AvgIpc) is 2.59. The SMILES string of the molecule is CCNC(=O)[C@H](C)[NH+]1CC[NH+](CC(=O)Nc2cccc(C)c2C)CC1. The molecular weight excluding hydrogens is 316 g/mol. The van der Waals surface area contributed by atoms with E-state index in [1.807, 2.05) is 45.9 Å². The molecule has 1 aromatic carbocycles. The normalized spacial score (nSPS) is 21.4. The molecule has 138 valence electrons. The van der Waals surface area contributed by atoms with Crippen LogP contribution in [0.2, 0.25) is 0 Å². The average molecular weight is 348 g/mol. The predicted molar refractivity (Wildman–Crippen MR) is 99.0 cm³/mol. The summed E-state index contributed by atoms with van der Waals surface area (Å²) < 4.78 is 0. The van der Waals surface area contributed by atoms with Crippen molar-refractivity contribution >= 4 is 17.5 Å². The highest BCUT2D eigenvalue weighted by Gasteiger charge is 2.31. The van der Waals surface area contributed by atoms with Crippen LogP contribution in [0.5, 0.6) is 0 Å². The predicted octanol–water partition coefficient (Wildman–Crippen LogP) is -1.45. The summed E-state index contributed by atoms with van der Waals surface area (Å²) in [6.07, 6.45) is 0. The summed E-state index contributed by atoms with van der Waals surface area (Å²) in [6.45, 7) is 12.8. The van der Waals surface area contributed by atoms with Gasteiger partial charge in [0.15, 0.2) is 12.6 Å². The molecule has 1 atom stereocenters. The van der Waals surface area contributed by atoms with E-state index in [2.05, 4.69) is 10.6 Å². The number of anilines is 1. The van der Waals surface area contributed by atoms with Crippen LogP contribution in [-0.4, -0.2) is 57.1 Å². The van der Waals surface area contributed by atoms with Gasteiger partial charge in [0.05, 0.1) is 0 Å². The minimum Gasteiger partial charge on any atom is -0.351 e. The molecule has 6 heteroatoms. The van der Waals surface area contributed by atoms with Crippen molar-refractivity contribution in [1.82, 2.24) is 5.32 Å². The fourth-order valence-electron chi connectivity index (χ4n) is 3.36. The molecule has 0 aliphatic carbocycles. The van der Waals surface area contributed by atoms with E-state index in [1.165, 1.54) is 15.4 Å². The largest absolute Gasteiger partial charge is 0.351 e. The van der Waals surface area contributed by atoms with Crippen LogP contribution in [0.3, 0.4) is 0 Å². The van der Waals surface area contributed by atoms with Gasteiger partial charge in [0.25, 0.3) is 11.8 Å². The fourth-order valence-corrected chi connectivity index (χ4v) is 3.36. The van der Waals surface area contributed by atoms with Crippen LogP contribution in [0.4, 0.5) is 5.69 Å². The summed E-state index contributed by atoms with van der Waals surface area (Å²) in [5.41, 5.74) is 3.20. The maximum Gasteiger partial charge on any atom is 0.279 e. The minimum absolute atomic E-state index is 0.0229. The molecule has 0 spiro atoms. The van der Waals surface area contributed by atoms with Gasteiger partial charge < -0.3 is 20.4 Å². The molecule has 6 nitrogen and oxygen atoms in total. The molecule has 1 aliphatic rings. The van der Waals surface area contributed by atoms with Crippen LogP contribution >= 0.6 is 0 Å². The van der Waals surface area contributed by atoms with Crippen molar-refractivity contribution in [3.05, 3.63) is 29.3 Å². The van der Waals surface area contributed by atoms with Crippen molar-refractivity contribution < 1.29 is 19.4 Å². The maximum absolute atomic E-state index is 12.4. The monoisotopic (exact) mass is 348 g/mol. The van der Waals surface area contributed by atoms with Gasteiger partial charge in [-0.3, -0.25) is 9.59 Å². The third-order valence-electron chi connectivity index (χ3n) is 5.25. The van der Waals surface area contributed by atoms with E-state index in [4.69, 9.17) is 0 Å². The Bertz CT molecular complexity index is 609. The number of rotatable bonds is 6. The molecule has 1 aliphatic heterocycles. The van der Waals surface area contributed by atoms with Crippen molar-refractivity contribution in [2.24, 2.45) is 0 Å². The zero-order chi connectivity index (χ0) is 18.4. The van der Waals surface area contributed by atoms with Crippen molar-refractivity contribution in [2.45, 2.75) is 33.7 Å². The Morgan fingerprint density at radius 3 is 2.48 bits per heavy atom. The maximum atomic E-state index is 12.4. The number of quaternary nitrogens is 2. The number of hydrogen-bond donors (Lipinski definition) is 4. The van der Waals surface area contributed by atoms with E-state index in [1.54, 1.807) is 0 Å². The van der Waals surface area contributed by atoms with Gasteiger partial charge in [-0.1, -0.05) is 12.1 Å². The molecule has 0 radical (unpaired) electrons. The van der Waals surface area contributed by atoms with Crippen molar-refractivity contribution in [2.75, 3.05) is 44.6 Å². The Labute approximate surface area is 150 Å². The van der Waals surface area contributed by atoms with Gasteiger partial charge in [-0.25, -0.2) is 0 Å². The lowest BCUT2D eigenvalue weighted by Crippen LogP contribution is -3.30. The van der Waals surface area contributed by atoms with Crippen LogP contribution in [0.1, 0.15) is 25.0 Å². The molecule has 0 unspecified atom stereocenters. The van der Waals surface area contributed by atoms with E-state index in [9.17, 15) is 9.59 Å². The summed E-state index contributed by atoms with van der Waals surface area (Å²) >= 11 is 0.